The predicted octanol–water partition coefficient (Wildman–Crippen LogP) is 2.46. The van der Waals surface area contributed by atoms with Gasteiger partial charge in [-0.05, 0) is 39.0 Å². The van der Waals surface area contributed by atoms with Crippen LogP contribution in [-0.4, -0.2) is 5.60 Å². The van der Waals surface area contributed by atoms with Crippen molar-refractivity contribution >= 4 is 0 Å². The Morgan fingerprint density at radius 3 is 2.45 bits per heavy atom. The highest BCUT2D eigenvalue weighted by molar-refractivity contribution is 5.19. The van der Waals surface area contributed by atoms with Crippen molar-refractivity contribution in [3.05, 3.63) is 30.3 Å². The topological polar surface area (TPSA) is 9.23 Å². The van der Waals surface area contributed by atoms with Crippen molar-refractivity contribution in [2.75, 3.05) is 0 Å². The quantitative estimate of drug-likeness (QED) is 0.594. The van der Waals surface area contributed by atoms with Crippen molar-refractivity contribution < 1.29 is 4.74 Å². The van der Waals surface area contributed by atoms with E-state index in [-0.39, 0.29) is 5.60 Å². The smallest absolute Gasteiger partial charge is 0.128 e. The molecule has 0 aliphatic heterocycles. The summed E-state index contributed by atoms with van der Waals surface area (Å²) >= 11 is 0. The molecule has 0 unspecified atom stereocenters. The van der Waals surface area contributed by atoms with Gasteiger partial charge in [0.25, 0.3) is 0 Å². The molecule has 0 aliphatic carbocycles. The van der Waals surface area contributed by atoms with E-state index in [2.05, 4.69) is 12.1 Å². The van der Waals surface area contributed by atoms with Crippen LogP contribution in [0, 0.1) is 12.1 Å². The predicted molar refractivity (Wildman–Crippen MR) is 44.5 cm³/mol. The molecule has 1 heteroatoms. The minimum Gasteiger partial charge on any atom is -0.487 e. The normalized spacial score (nSPS) is 11.2. The first kappa shape index (κ1) is 8.12. The summed E-state index contributed by atoms with van der Waals surface area (Å²) in [7, 11) is 0. The lowest BCUT2D eigenvalue weighted by Gasteiger charge is -2.20. The fourth-order valence-corrected chi connectivity index (χ4v) is 0.726. The van der Waals surface area contributed by atoms with E-state index in [1.54, 1.807) is 18.2 Å². The Morgan fingerprint density at radius 1 is 1.27 bits per heavy atom. The van der Waals surface area contributed by atoms with Crippen molar-refractivity contribution in [1.82, 2.24) is 0 Å². The lowest BCUT2D eigenvalue weighted by atomic mass is 10.2. The summed E-state index contributed by atoms with van der Waals surface area (Å²) in [5.41, 5.74) is -0.147. The maximum Gasteiger partial charge on any atom is 0.128 e. The molecule has 2 radical (unpaired) electrons. The van der Waals surface area contributed by atoms with Crippen molar-refractivity contribution in [3.8, 4) is 5.75 Å². The van der Waals surface area contributed by atoms with Crippen LogP contribution in [0.15, 0.2) is 18.2 Å². The molecular weight excluding hydrogens is 136 g/mol. The first-order valence-electron chi connectivity index (χ1n) is 3.65. The van der Waals surface area contributed by atoms with E-state index in [1.165, 1.54) is 0 Å². The van der Waals surface area contributed by atoms with Gasteiger partial charge in [-0.25, -0.2) is 0 Å². The molecule has 1 nitrogen and oxygen atoms in total. The van der Waals surface area contributed by atoms with Crippen LogP contribution >= 0.6 is 0 Å². The van der Waals surface area contributed by atoms with Crippen LogP contribution in [0.5, 0.6) is 5.75 Å². The molecule has 1 aromatic rings. The standard InChI is InChI=1S/C10H12O/c1-10(2,3)11-9-7-5-4-6-8-9/h4-5,8H,1-3H3. The SMILES string of the molecule is CC(C)(C)Oc1[c]cc[c]c1. The van der Waals surface area contributed by atoms with E-state index in [9.17, 15) is 0 Å². The molecule has 0 N–H and O–H groups in total. The summed E-state index contributed by atoms with van der Waals surface area (Å²) in [5.74, 6) is 0.750. The van der Waals surface area contributed by atoms with Crippen LogP contribution in [0.4, 0.5) is 0 Å². The Hall–Kier alpha value is -0.980. The number of hydrogen-bond acceptors (Lipinski definition) is 1. The van der Waals surface area contributed by atoms with Gasteiger partial charge in [0, 0.05) is 6.07 Å². The molecule has 1 rings (SSSR count). The maximum atomic E-state index is 5.51. The third-order valence-corrected chi connectivity index (χ3v) is 1.04. The Balaban J connectivity index is 2.66. The first-order chi connectivity index (χ1) is 5.08. The Bertz CT molecular complexity index is 208. The largest absolute Gasteiger partial charge is 0.487 e. The minimum atomic E-state index is -0.147. The van der Waals surface area contributed by atoms with E-state index in [1.807, 2.05) is 20.8 Å². The monoisotopic (exact) mass is 148 g/mol. The number of hydrogen-bond donors (Lipinski definition) is 0. The molecule has 58 valence electrons. The molecule has 0 spiro atoms. The zero-order chi connectivity index (χ0) is 8.32. The second kappa shape index (κ2) is 2.95. The lowest BCUT2D eigenvalue weighted by Crippen LogP contribution is -2.22. The Morgan fingerprint density at radius 2 is 2.00 bits per heavy atom. The lowest BCUT2D eigenvalue weighted by molar-refractivity contribution is 0.130. The van der Waals surface area contributed by atoms with Gasteiger partial charge in [0.1, 0.15) is 11.4 Å². The average Bonchev–Trinajstić information content (AvgIpc) is 1.85. The fraction of sp³-hybridized carbons (Fsp3) is 0.400. The molecule has 0 amide bonds. The van der Waals surface area contributed by atoms with Crippen LogP contribution < -0.4 is 4.74 Å². The van der Waals surface area contributed by atoms with Crippen LogP contribution in [0.25, 0.3) is 0 Å². The van der Waals surface area contributed by atoms with Gasteiger partial charge >= 0.3 is 0 Å². The zero-order valence-electron chi connectivity index (χ0n) is 7.14. The number of ether oxygens (including phenoxy) is 1. The molecule has 0 atom stereocenters. The molecule has 0 saturated heterocycles. The maximum absolute atomic E-state index is 5.51. The molecule has 0 fully saturated rings. The second-order valence-corrected chi connectivity index (χ2v) is 3.37. The third kappa shape index (κ3) is 3.08. The van der Waals surface area contributed by atoms with Crippen molar-refractivity contribution in [2.24, 2.45) is 0 Å². The fourth-order valence-electron chi connectivity index (χ4n) is 0.726. The van der Waals surface area contributed by atoms with Crippen LogP contribution in [0.2, 0.25) is 0 Å². The molecule has 1 aromatic carbocycles. The van der Waals surface area contributed by atoms with Crippen LogP contribution in [0.3, 0.4) is 0 Å². The van der Waals surface area contributed by atoms with E-state index in [0.29, 0.717) is 0 Å². The van der Waals surface area contributed by atoms with Crippen LogP contribution in [0.1, 0.15) is 20.8 Å². The molecular formula is C10H12O. The molecule has 0 aliphatic rings. The van der Waals surface area contributed by atoms with E-state index in [4.69, 9.17) is 4.74 Å². The van der Waals surface area contributed by atoms with Gasteiger partial charge in [0.05, 0.1) is 0 Å². The van der Waals surface area contributed by atoms with Gasteiger partial charge in [0.15, 0.2) is 0 Å². The second-order valence-electron chi connectivity index (χ2n) is 3.37. The van der Waals surface area contributed by atoms with Gasteiger partial charge in [-0.15, -0.1) is 0 Å². The number of rotatable bonds is 1. The van der Waals surface area contributed by atoms with Gasteiger partial charge in [-0.3, -0.25) is 0 Å². The van der Waals surface area contributed by atoms with Gasteiger partial charge in [-0.2, -0.15) is 0 Å². The minimum absolute atomic E-state index is 0.147. The summed E-state index contributed by atoms with van der Waals surface area (Å²) < 4.78 is 5.51. The van der Waals surface area contributed by atoms with Crippen molar-refractivity contribution in [3.63, 3.8) is 0 Å². The summed E-state index contributed by atoms with van der Waals surface area (Å²) in [5, 5.41) is 0. The summed E-state index contributed by atoms with van der Waals surface area (Å²) in [4.78, 5) is 0. The highest BCUT2D eigenvalue weighted by Gasteiger charge is 2.10. The molecule has 0 aromatic heterocycles. The van der Waals surface area contributed by atoms with Gasteiger partial charge < -0.3 is 4.74 Å². The Kier molecular flexibility index (Phi) is 2.18. The first-order valence-corrected chi connectivity index (χ1v) is 3.65. The highest BCUT2D eigenvalue weighted by atomic mass is 16.5. The molecule has 0 saturated carbocycles. The van der Waals surface area contributed by atoms with Crippen molar-refractivity contribution in [2.45, 2.75) is 26.4 Å². The summed E-state index contributed by atoms with van der Waals surface area (Å²) in [6, 6.07) is 11.3. The van der Waals surface area contributed by atoms with Crippen molar-refractivity contribution in [1.29, 1.82) is 0 Å². The number of benzene rings is 1. The Labute approximate surface area is 68.0 Å². The van der Waals surface area contributed by atoms with E-state index >= 15 is 0 Å². The van der Waals surface area contributed by atoms with Crippen LogP contribution in [-0.2, 0) is 0 Å². The van der Waals surface area contributed by atoms with Gasteiger partial charge in [-0.1, -0.05) is 6.07 Å². The zero-order valence-corrected chi connectivity index (χ0v) is 7.14. The highest BCUT2D eigenvalue weighted by Crippen LogP contribution is 2.15. The molecule has 11 heavy (non-hydrogen) atoms. The van der Waals surface area contributed by atoms with E-state index < -0.39 is 0 Å². The molecule has 0 heterocycles. The molecule has 0 bridgehead atoms. The average molecular weight is 148 g/mol. The third-order valence-electron chi connectivity index (χ3n) is 1.04. The van der Waals surface area contributed by atoms with Gasteiger partial charge in [0.2, 0.25) is 0 Å². The summed E-state index contributed by atoms with van der Waals surface area (Å²) in [6.45, 7) is 6.02. The summed E-state index contributed by atoms with van der Waals surface area (Å²) in [6.07, 6.45) is 0. The van der Waals surface area contributed by atoms with E-state index in [0.717, 1.165) is 5.75 Å².